The predicted octanol–water partition coefficient (Wildman–Crippen LogP) is 9.91. The zero-order valence-corrected chi connectivity index (χ0v) is 22.3. The van der Waals surface area contributed by atoms with Crippen molar-refractivity contribution >= 4 is 5.69 Å². The normalized spacial score (nSPS) is 15.8. The van der Waals surface area contributed by atoms with Crippen LogP contribution in [0.2, 0.25) is 0 Å². The van der Waals surface area contributed by atoms with E-state index in [4.69, 9.17) is 0 Å². The van der Waals surface area contributed by atoms with Crippen LogP contribution in [-0.2, 0) is 0 Å². The van der Waals surface area contributed by atoms with E-state index in [1.807, 2.05) is 0 Å². The third kappa shape index (κ3) is 11.5. The third-order valence-electron chi connectivity index (χ3n) is 7.21. The highest BCUT2D eigenvalue weighted by molar-refractivity contribution is 5.51. The maximum Gasteiger partial charge on any atom is 0.108 e. The number of rotatable bonds is 20. The monoisotopic (exact) mass is 454 g/mol. The summed E-state index contributed by atoms with van der Waals surface area (Å²) in [4.78, 5) is 5.00. The summed E-state index contributed by atoms with van der Waals surface area (Å²) in [7, 11) is 0. The molecule has 0 aliphatic carbocycles. The van der Waals surface area contributed by atoms with Gasteiger partial charge in [-0.2, -0.15) is 0 Å². The van der Waals surface area contributed by atoms with Gasteiger partial charge in [0.05, 0.1) is 0 Å². The minimum absolute atomic E-state index is 0.452. The third-order valence-corrected chi connectivity index (χ3v) is 7.21. The smallest absolute Gasteiger partial charge is 0.108 e. The lowest BCUT2D eigenvalue weighted by atomic mass is 10.0. The van der Waals surface area contributed by atoms with Gasteiger partial charge < -0.3 is 9.80 Å². The van der Waals surface area contributed by atoms with Gasteiger partial charge in [0.25, 0.3) is 0 Å². The highest BCUT2D eigenvalue weighted by Crippen LogP contribution is 2.29. The summed E-state index contributed by atoms with van der Waals surface area (Å²) in [5.41, 5.74) is 1.30. The van der Waals surface area contributed by atoms with Crippen molar-refractivity contribution in [2.45, 2.75) is 136 Å². The molecule has 2 nitrogen and oxygen atoms in total. The molecule has 1 aliphatic rings. The van der Waals surface area contributed by atoms with Crippen molar-refractivity contribution in [3.63, 3.8) is 0 Å². The van der Waals surface area contributed by atoms with Crippen molar-refractivity contribution in [1.82, 2.24) is 4.90 Å². The highest BCUT2D eigenvalue weighted by Gasteiger charge is 2.29. The SMILES string of the molecule is CCCCCCCCCCCCCCCCCCCN1C=CN(c2ccccc2)C1C(C)C. The molecule has 1 aromatic carbocycles. The van der Waals surface area contributed by atoms with Crippen molar-refractivity contribution in [1.29, 1.82) is 0 Å². The molecular formula is C31H54N2. The summed E-state index contributed by atoms with van der Waals surface area (Å²) >= 11 is 0. The van der Waals surface area contributed by atoms with Crippen LogP contribution in [0.25, 0.3) is 0 Å². The molecule has 2 heteroatoms. The molecule has 2 rings (SSSR count). The molecule has 1 atom stereocenters. The second kappa shape index (κ2) is 18.0. The summed E-state index contributed by atoms with van der Waals surface area (Å²) in [6.07, 6.45) is 29.4. The van der Waals surface area contributed by atoms with Gasteiger partial charge in [-0.15, -0.1) is 0 Å². The van der Waals surface area contributed by atoms with Crippen LogP contribution < -0.4 is 4.90 Å². The average Bonchev–Trinajstić information content (AvgIpc) is 3.26. The maximum absolute atomic E-state index is 2.56. The molecule has 0 amide bonds. The number of anilines is 1. The lowest BCUT2D eigenvalue weighted by Crippen LogP contribution is -2.43. The van der Waals surface area contributed by atoms with Crippen molar-refractivity contribution in [3.8, 4) is 0 Å². The molecule has 0 saturated heterocycles. The molecule has 0 saturated carbocycles. The molecule has 0 spiro atoms. The Balaban J connectivity index is 1.41. The van der Waals surface area contributed by atoms with Gasteiger partial charge in [0.15, 0.2) is 0 Å². The van der Waals surface area contributed by atoms with E-state index in [-0.39, 0.29) is 0 Å². The Labute approximate surface area is 206 Å². The fraction of sp³-hybridized carbons (Fsp3) is 0.742. The van der Waals surface area contributed by atoms with Crippen molar-refractivity contribution in [2.24, 2.45) is 5.92 Å². The minimum atomic E-state index is 0.452. The van der Waals surface area contributed by atoms with Crippen LogP contribution in [0.1, 0.15) is 130 Å². The Hall–Kier alpha value is -1.44. The second-order valence-corrected chi connectivity index (χ2v) is 10.6. The number of para-hydroxylation sites is 1. The first kappa shape index (κ1) is 27.8. The second-order valence-electron chi connectivity index (χ2n) is 10.6. The van der Waals surface area contributed by atoms with Crippen LogP contribution in [0.5, 0.6) is 0 Å². The zero-order valence-electron chi connectivity index (χ0n) is 22.3. The Kier molecular flexibility index (Phi) is 15.1. The molecule has 1 aliphatic heterocycles. The van der Waals surface area contributed by atoms with Gasteiger partial charge in [-0.25, -0.2) is 0 Å². The number of hydrogen-bond donors (Lipinski definition) is 0. The first-order chi connectivity index (χ1) is 16.2. The summed E-state index contributed by atoms with van der Waals surface area (Å²) in [5.74, 6) is 0.603. The molecule has 0 fully saturated rings. The largest absolute Gasteiger partial charge is 0.355 e. The van der Waals surface area contributed by atoms with Crippen LogP contribution >= 0.6 is 0 Å². The molecule has 33 heavy (non-hydrogen) atoms. The Morgan fingerprint density at radius 1 is 0.606 bits per heavy atom. The quantitative estimate of drug-likeness (QED) is 0.181. The fourth-order valence-electron chi connectivity index (χ4n) is 5.26. The van der Waals surface area contributed by atoms with Crippen LogP contribution in [-0.4, -0.2) is 17.6 Å². The molecular weight excluding hydrogens is 400 g/mol. The minimum Gasteiger partial charge on any atom is -0.355 e. The fourth-order valence-corrected chi connectivity index (χ4v) is 5.26. The zero-order chi connectivity index (χ0) is 23.6. The van der Waals surface area contributed by atoms with Crippen LogP contribution in [0.4, 0.5) is 5.69 Å². The van der Waals surface area contributed by atoms with Gasteiger partial charge in [-0.3, -0.25) is 0 Å². The van der Waals surface area contributed by atoms with Crippen molar-refractivity contribution in [2.75, 3.05) is 11.4 Å². The standard InChI is InChI=1S/C31H54N2/c1-4-5-6-7-8-9-10-11-12-13-14-15-16-17-18-19-23-26-32-27-28-33(31(32)29(2)3)30-24-21-20-22-25-30/h20-22,24-25,27-29,31H,4-19,23,26H2,1-3H3. The van der Waals surface area contributed by atoms with E-state index < -0.39 is 0 Å². The molecule has 0 bridgehead atoms. The highest BCUT2D eigenvalue weighted by atomic mass is 15.4. The van der Waals surface area contributed by atoms with E-state index in [2.05, 4.69) is 73.3 Å². The predicted molar refractivity (Wildman–Crippen MR) is 148 cm³/mol. The van der Waals surface area contributed by atoms with Crippen LogP contribution in [0, 0.1) is 5.92 Å². The summed E-state index contributed by atoms with van der Waals surface area (Å²) in [6.45, 7) is 8.17. The molecule has 1 heterocycles. The molecule has 0 N–H and O–H groups in total. The number of hydrogen-bond acceptors (Lipinski definition) is 2. The van der Waals surface area contributed by atoms with Gasteiger partial charge in [0.2, 0.25) is 0 Å². The van der Waals surface area contributed by atoms with E-state index >= 15 is 0 Å². The van der Waals surface area contributed by atoms with E-state index in [1.54, 1.807) is 0 Å². The number of unbranched alkanes of at least 4 members (excludes halogenated alkanes) is 16. The van der Waals surface area contributed by atoms with Gasteiger partial charge in [0, 0.05) is 24.6 Å². The number of benzene rings is 1. The maximum atomic E-state index is 2.56. The van der Waals surface area contributed by atoms with Crippen LogP contribution in [0.3, 0.4) is 0 Å². The lowest BCUT2D eigenvalue weighted by molar-refractivity contribution is 0.237. The molecule has 188 valence electrons. The topological polar surface area (TPSA) is 6.48 Å². The summed E-state index contributed by atoms with van der Waals surface area (Å²) in [5, 5.41) is 0. The number of nitrogens with zero attached hydrogens (tertiary/aromatic N) is 2. The van der Waals surface area contributed by atoms with Crippen molar-refractivity contribution < 1.29 is 0 Å². The van der Waals surface area contributed by atoms with Gasteiger partial charge >= 0.3 is 0 Å². The van der Waals surface area contributed by atoms with E-state index in [1.165, 1.54) is 121 Å². The summed E-state index contributed by atoms with van der Waals surface area (Å²) < 4.78 is 0. The van der Waals surface area contributed by atoms with E-state index in [0.717, 1.165) is 0 Å². The first-order valence-corrected chi connectivity index (χ1v) is 14.5. The molecule has 1 unspecified atom stereocenters. The van der Waals surface area contributed by atoms with Crippen LogP contribution in [0.15, 0.2) is 42.7 Å². The summed E-state index contributed by atoms with van der Waals surface area (Å²) in [6, 6.07) is 10.8. The van der Waals surface area contributed by atoms with Crippen molar-refractivity contribution in [3.05, 3.63) is 42.7 Å². The van der Waals surface area contributed by atoms with E-state index in [0.29, 0.717) is 12.1 Å². The Morgan fingerprint density at radius 3 is 1.52 bits per heavy atom. The Morgan fingerprint density at radius 2 is 1.06 bits per heavy atom. The first-order valence-electron chi connectivity index (χ1n) is 14.5. The van der Waals surface area contributed by atoms with Gasteiger partial charge in [-0.1, -0.05) is 142 Å². The molecule has 1 aromatic rings. The van der Waals surface area contributed by atoms with E-state index in [9.17, 15) is 0 Å². The molecule has 0 radical (unpaired) electrons. The Bertz CT molecular complexity index is 594. The van der Waals surface area contributed by atoms with Gasteiger partial charge in [0.1, 0.15) is 6.17 Å². The molecule has 0 aromatic heterocycles. The van der Waals surface area contributed by atoms with Gasteiger partial charge in [-0.05, 0) is 24.5 Å². The lowest BCUT2D eigenvalue weighted by Gasteiger charge is -2.35. The average molecular weight is 455 g/mol.